The zero-order valence-corrected chi connectivity index (χ0v) is 28.2. The maximum atomic E-state index is 8.58. The van der Waals surface area contributed by atoms with Gasteiger partial charge in [-0.3, -0.25) is 15.0 Å². The fourth-order valence-corrected chi connectivity index (χ4v) is 6.72. The average Bonchev–Trinajstić information content (AvgIpc) is 3.16. The summed E-state index contributed by atoms with van der Waals surface area (Å²) in [6.45, 7) is 8.37. The van der Waals surface area contributed by atoms with Crippen LogP contribution in [0.25, 0.3) is 0 Å². The van der Waals surface area contributed by atoms with Gasteiger partial charge >= 0.3 is 0 Å². The van der Waals surface area contributed by atoms with Crippen LogP contribution in [0.5, 0.6) is 0 Å². The van der Waals surface area contributed by atoms with Crippen LogP contribution in [0.3, 0.4) is 0 Å². The van der Waals surface area contributed by atoms with Crippen molar-refractivity contribution >= 4 is 22.8 Å². The second-order valence-corrected chi connectivity index (χ2v) is 12.7. The molecule has 1 aromatic rings. The Morgan fingerprint density at radius 2 is 1.79 bits per heavy atom. The molecule has 2 heterocycles. The lowest BCUT2D eigenvalue weighted by molar-refractivity contribution is 0.465. The Kier molecular flexibility index (Phi) is 10.8. The monoisotopic (exact) mass is 630 g/mol. The lowest BCUT2D eigenvalue weighted by Crippen LogP contribution is -2.37. The Hall–Kier alpha value is -4.96. The molecule has 1 N–H and O–H groups in total. The van der Waals surface area contributed by atoms with Crippen molar-refractivity contribution in [1.82, 2.24) is 0 Å². The summed E-state index contributed by atoms with van der Waals surface area (Å²) in [6.07, 6.45) is 41.5. The first-order valence-electron chi connectivity index (χ1n) is 17.5. The lowest BCUT2D eigenvalue weighted by atomic mass is 9.84. The number of rotatable bonds is 11. The topological polar surface area (TPSA) is 60.9 Å². The number of fused-ring (bicyclic) bond motifs is 1. The standard InChI is InChI=1S/C44H46N4/c1-4-31(39(30-37(45)5-2)36-26-25-32-27-28-38(6-3)46-41(32)29-36)23-16-24-40-42(33-17-10-7-11-18-33)48-44(35-21-14-9-15-22-35)43(47-40)34-19-12-8-13-20-34/h4,7-8,10-14,16-17,19-30,32-33,40-42,45H,1,5-6,9,15,18H2,2-3H3/b24-16+,31-23+,39-30-,45-37?/t32-,33?,40?,41?,42?/m0/s1. The van der Waals surface area contributed by atoms with Crippen molar-refractivity contribution in [2.75, 3.05) is 0 Å². The Morgan fingerprint density at radius 3 is 2.52 bits per heavy atom. The SMILES string of the molecule is C=CC(=C\C=C\C1N=C(c2ccccc2)C(C2=CCCC=C2)=NC1C1C=CC=CC1)/C(=C/C(=N)CC)C1=CC2N=C(CC)C=C[C@@H]2C=C1. The summed E-state index contributed by atoms with van der Waals surface area (Å²) in [5, 5.41) is 8.58. The lowest BCUT2D eigenvalue weighted by Gasteiger charge is -2.32. The maximum absolute atomic E-state index is 8.58. The minimum Gasteiger partial charge on any atom is -0.305 e. The van der Waals surface area contributed by atoms with Crippen LogP contribution in [0.15, 0.2) is 177 Å². The highest BCUT2D eigenvalue weighted by Crippen LogP contribution is 2.33. The van der Waals surface area contributed by atoms with E-state index < -0.39 is 0 Å². The molecule has 0 fully saturated rings. The van der Waals surface area contributed by atoms with Gasteiger partial charge in [-0.25, -0.2) is 0 Å². The molecular formula is C44H46N4. The van der Waals surface area contributed by atoms with Crippen molar-refractivity contribution in [3.63, 3.8) is 0 Å². The van der Waals surface area contributed by atoms with Gasteiger partial charge in [0.15, 0.2) is 0 Å². The summed E-state index contributed by atoms with van der Waals surface area (Å²) >= 11 is 0. The van der Waals surface area contributed by atoms with Crippen LogP contribution >= 0.6 is 0 Å². The third-order valence-electron chi connectivity index (χ3n) is 9.45. The van der Waals surface area contributed by atoms with Gasteiger partial charge in [0, 0.05) is 28.8 Å². The van der Waals surface area contributed by atoms with E-state index in [-0.39, 0.29) is 30.0 Å². The molecule has 0 saturated heterocycles. The molecule has 0 bridgehead atoms. The second-order valence-electron chi connectivity index (χ2n) is 12.7. The molecule has 3 aliphatic carbocycles. The van der Waals surface area contributed by atoms with Gasteiger partial charge in [0.1, 0.15) is 0 Å². The first-order chi connectivity index (χ1) is 23.6. The van der Waals surface area contributed by atoms with Gasteiger partial charge in [0.2, 0.25) is 0 Å². The molecule has 242 valence electrons. The highest BCUT2D eigenvalue weighted by atomic mass is 15.0. The highest BCUT2D eigenvalue weighted by molar-refractivity contribution is 6.54. The van der Waals surface area contributed by atoms with Crippen molar-refractivity contribution in [1.29, 1.82) is 5.41 Å². The Labute approximate surface area is 286 Å². The summed E-state index contributed by atoms with van der Waals surface area (Å²) in [5.41, 5.74) is 8.91. The van der Waals surface area contributed by atoms with Crippen LogP contribution in [-0.2, 0) is 0 Å². The summed E-state index contributed by atoms with van der Waals surface area (Å²) in [4.78, 5) is 16.0. The van der Waals surface area contributed by atoms with E-state index in [4.69, 9.17) is 20.4 Å². The molecule has 0 spiro atoms. The molecule has 1 aromatic carbocycles. The molecule has 48 heavy (non-hydrogen) atoms. The molecule has 0 radical (unpaired) electrons. The van der Waals surface area contributed by atoms with Crippen LogP contribution in [0.1, 0.15) is 51.5 Å². The molecule has 6 rings (SSSR count). The Balaban J connectivity index is 1.37. The van der Waals surface area contributed by atoms with Gasteiger partial charge in [-0.15, -0.1) is 0 Å². The quantitative estimate of drug-likeness (QED) is 0.187. The zero-order chi connectivity index (χ0) is 33.3. The van der Waals surface area contributed by atoms with E-state index in [2.05, 4.69) is 129 Å². The largest absolute Gasteiger partial charge is 0.305 e. The predicted molar refractivity (Wildman–Crippen MR) is 206 cm³/mol. The van der Waals surface area contributed by atoms with Crippen molar-refractivity contribution < 1.29 is 0 Å². The molecule has 4 nitrogen and oxygen atoms in total. The zero-order valence-electron chi connectivity index (χ0n) is 28.2. The molecule has 0 amide bonds. The van der Waals surface area contributed by atoms with E-state index in [0.717, 1.165) is 70.7 Å². The van der Waals surface area contributed by atoms with Crippen LogP contribution in [0, 0.1) is 17.2 Å². The van der Waals surface area contributed by atoms with Crippen molar-refractivity contribution in [2.24, 2.45) is 26.8 Å². The highest BCUT2D eigenvalue weighted by Gasteiger charge is 2.33. The Bertz CT molecular complexity index is 1810. The number of nitrogens with zero attached hydrogens (tertiary/aromatic N) is 3. The van der Waals surface area contributed by atoms with E-state index >= 15 is 0 Å². The van der Waals surface area contributed by atoms with E-state index in [1.54, 1.807) is 0 Å². The third kappa shape index (κ3) is 7.60. The summed E-state index contributed by atoms with van der Waals surface area (Å²) in [6, 6.07) is 10.3. The van der Waals surface area contributed by atoms with Crippen molar-refractivity contribution in [2.45, 2.75) is 64.1 Å². The number of aliphatic imine (C=N–C) groups is 3. The predicted octanol–water partition coefficient (Wildman–Crippen LogP) is 10.0. The number of allylic oxidation sites excluding steroid dienone is 16. The molecule has 5 atom stereocenters. The fraction of sp³-hybridized carbons (Fsp3) is 0.273. The summed E-state index contributed by atoms with van der Waals surface area (Å²) in [7, 11) is 0. The van der Waals surface area contributed by atoms with E-state index in [9.17, 15) is 0 Å². The van der Waals surface area contributed by atoms with Gasteiger partial charge in [-0.1, -0.05) is 142 Å². The van der Waals surface area contributed by atoms with E-state index in [1.807, 2.05) is 25.1 Å². The first-order valence-corrected chi connectivity index (χ1v) is 17.5. The molecular weight excluding hydrogens is 585 g/mol. The first kappa shape index (κ1) is 33.0. The van der Waals surface area contributed by atoms with Gasteiger partial charge < -0.3 is 5.41 Å². The van der Waals surface area contributed by atoms with E-state index in [1.165, 1.54) is 0 Å². The van der Waals surface area contributed by atoms with Crippen LogP contribution in [0.2, 0.25) is 0 Å². The minimum atomic E-state index is -0.146. The molecule has 4 unspecified atom stereocenters. The van der Waals surface area contributed by atoms with Crippen LogP contribution in [0.4, 0.5) is 0 Å². The number of nitrogens with one attached hydrogen (secondary N) is 1. The Morgan fingerprint density at radius 1 is 0.938 bits per heavy atom. The van der Waals surface area contributed by atoms with Gasteiger partial charge in [-0.05, 0) is 66.5 Å². The normalized spacial score (nSPS) is 26.8. The summed E-state index contributed by atoms with van der Waals surface area (Å²) < 4.78 is 0. The minimum absolute atomic E-state index is 0.0316. The maximum Gasteiger partial charge on any atom is 0.0920 e. The molecule has 0 aromatic heterocycles. The number of dihydropyridines is 1. The number of hydrogen-bond donors (Lipinski definition) is 1. The van der Waals surface area contributed by atoms with Crippen LogP contribution < -0.4 is 0 Å². The fourth-order valence-electron chi connectivity index (χ4n) is 6.72. The second kappa shape index (κ2) is 15.8. The van der Waals surface area contributed by atoms with Gasteiger partial charge in [0.05, 0.1) is 29.5 Å². The molecule has 0 saturated carbocycles. The van der Waals surface area contributed by atoms with Gasteiger partial charge in [0.25, 0.3) is 0 Å². The molecule has 5 aliphatic rings. The number of benzene rings is 1. The van der Waals surface area contributed by atoms with Crippen molar-refractivity contribution in [3.05, 3.63) is 168 Å². The van der Waals surface area contributed by atoms with Gasteiger partial charge in [-0.2, -0.15) is 0 Å². The average molecular weight is 631 g/mol. The molecule has 2 aliphatic heterocycles. The van der Waals surface area contributed by atoms with E-state index in [0.29, 0.717) is 12.1 Å². The van der Waals surface area contributed by atoms with Crippen LogP contribution in [-0.4, -0.2) is 41.0 Å². The smallest absolute Gasteiger partial charge is 0.0920 e. The summed E-state index contributed by atoms with van der Waals surface area (Å²) in [5.74, 6) is 0.515. The van der Waals surface area contributed by atoms with Crippen molar-refractivity contribution in [3.8, 4) is 0 Å². The number of hydrogen-bond acceptors (Lipinski definition) is 4. The third-order valence-corrected chi connectivity index (χ3v) is 9.45. The molecule has 4 heteroatoms.